The summed E-state index contributed by atoms with van der Waals surface area (Å²) < 4.78 is 0.786. The lowest BCUT2D eigenvalue weighted by Crippen LogP contribution is -2.44. The highest BCUT2D eigenvalue weighted by Gasteiger charge is 2.39. The van der Waals surface area contributed by atoms with E-state index in [4.69, 9.17) is 5.73 Å². The fourth-order valence-electron chi connectivity index (χ4n) is 2.43. The number of carboxylic acids is 1. The molecule has 1 aliphatic heterocycles. The number of likely N-dealkylation sites (tertiary alicyclic amines) is 1. The summed E-state index contributed by atoms with van der Waals surface area (Å²) in [7, 11) is 0. The lowest BCUT2D eigenvalue weighted by atomic mass is 10.0. The molecule has 0 bridgehead atoms. The van der Waals surface area contributed by atoms with Gasteiger partial charge in [0.05, 0.1) is 5.92 Å². The van der Waals surface area contributed by atoms with Crippen molar-refractivity contribution >= 4 is 33.7 Å². The standard InChI is InChI=1S/C14H15BrN2O4/c15-10-4-2-1-3-8(10)5-11(14(20)21)17-7-9(13(16)19)6-12(17)18/h1-4,9,11H,5-7H2,(H2,16,19)(H,20,21)/t9?,11-/m0/s1. The van der Waals surface area contributed by atoms with Gasteiger partial charge in [-0.3, -0.25) is 9.59 Å². The molecule has 1 unspecified atom stereocenters. The van der Waals surface area contributed by atoms with Gasteiger partial charge in [-0.2, -0.15) is 0 Å². The van der Waals surface area contributed by atoms with Gasteiger partial charge in [0.25, 0.3) is 0 Å². The van der Waals surface area contributed by atoms with Crippen molar-refractivity contribution in [2.75, 3.05) is 6.54 Å². The van der Waals surface area contributed by atoms with Crippen LogP contribution < -0.4 is 5.73 Å². The largest absolute Gasteiger partial charge is 0.480 e. The third-order valence-corrected chi connectivity index (χ3v) is 4.37. The summed E-state index contributed by atoms with van der Waals surface area (Å²) in [6.07, 6.45) is 0.156. The predicted octanol–water partition coefficient (Wildman–Crippen LogP) is 0.779. The summed E-state index contributed by atoms with van der Waals surface area (Å²) in [6, 6.07) is 6.24. The van der Waals surface area contributed by atoms with Crippen molar-refractivity contribution in [3.63, 3.8) is 0 Å². The maximum atomic E-state index is 12.0. The van der Waals surface area contributed by atoms with Gasteiger partial charge in [0, 0.05) is 23.9 Å². The van der Waals surface area contributed by atoms with E-state index in [9.17, 15) is 19.5 Å². The Bertz CT molecular complexity index is 590. The Morgan fingerprint density at radius 3 is 2.62 bits per heavy atom. The molecule has 2 amide bonds. The average molecular weight is 355 g/mol. The van der Waals surface area contributed by atoms with Crippen molar-refractivity contribution in [3.8, 4) is 0 Å². The Morgan fingerprint density at radius 2 is 2.10 bits per heavy atom. The zero-order valence-corrected chi connectivity index (χ0v) is 12.7. The van der Waals surface area contributed by atoms with Crippen molar-refractivity contribution < 1.29 is 19.5 Å². The minimum atomic E-state index is -1.09. The number of amides is 2. The number of hydrogen-bond acceptors (Lipinski definition) is 3. The Balaban J connectivity index is 2.20. The monoisotopic (exact) mass is 354 g/mol. The minimum Gasteiger partial charge on any atom is -0.480 e. The van der Waals surface area contributed by atoms with Crippen molar-refractivity contribution in [1.29, 1.82) is 0 Å². The topological polar surface area (TPSA) is 101 Å². The molecule has 0 saturated carbocycles. The van der Waals surface area contributed by atoms with Gasteiger partial charge in [-0.25, -0.2) is 4.79 Å². The van der Waals surface area contributed by atoms with Gasteiger partial charge < -0.3 is 15.7 Å². The zero-order chi connectivity index (χ0) is 15.6. The summed E-state index contributed by atoms with van der Waals surface area (Å²) in [6.45, 7) is 0.0651. The Labute approximate surface area is 130 Å². The molecule has 0 spiro atoms. The van der Waals surface area contributed by atoms with E-state index < -0.39 is 23.8 Å². The van der Waals surface area contributed by atoms with Crippen LogP contribution in [-0.4, -0.2) is 40.4 Å². The van der Waals surface area contributed by atoms with E-state index >= 15 is 0 Å². The molecule has 1 aromatic rings. The number of hydrogen-bond donors (Lipinski definition) is 2. The molecule has 1 saturated heterocycles. The second-order valence-electron chi connectivity index (χ2n) is 5.00. The molecular weight excluding hydrogens is 340 g/mol. The lowest BCUT2D eigenvalue weighted by molar-refractivity contribution is -0.148. The summed E-state index contributed by atoms with van der Waals surface area (Å²) in [5.41, 5.74) is 5.99. The normalized spacial score (nSPS) is 19.6. The number of rotatable bonds is 5. The first-order chi connectivity index (χ1) is 9.90. The van der Waals surface area contributed by atoms with Gasteiger partial charge in [0.2, 0.25) is 11.8 Å². The molecule has 2 rings (SSSR count). The summed E-state index contributed by atoms with van der Waals surface area (Å²) >= 11 is 3.36. The molecule has 1 heterocycles. The van der Waals surface area contributed by atoms with Crippen LogP contribution >= 0.6 is 15.9 Å². The molecule has 1 aliphatic rings. The highest BCUT2D eigenvalue weighted by atomic mass is 79.9. The van der Waals surface area contributed by atoms with Crippen LogP contribution in [-0.2, 0) is 20.8 Å². The molecule has 7 heteroatoms. The van der Waals surface area contributed by atoms with Crippen molar-refractivity contribution in [2.24, 2.45) is 11.7 Å². The Kier molecular flexibility index (Phi) is 4.62. The molecule has 3 N–H and O–H groups in total. The second-order valence-corrected chi connectivity index (χ2v) is 5.85. The van der Waals surface area contributed by atoms with Gasteiger partial charge in [-0.05, 0) is 11.6 Å². The van der Waals surface area contributed by atoms with Crippen molar-refractivity contribution in [2.45, 2.75) is 18.9 Å². The van der Waals surface area contributed by atoms with Crippen LogP contribution in [0.5, 0.6) is 0 Å². The van der Waals surface area contributed by atoms with E-state index in [1.165, 1.54) is 4.90 Å². The first-order valence-corrected chi connectivity index (χ1v) is 7.24. The van der Waals surface area contributed by atoms with Gasteiger partial charge in [-0.1, -0.05) is 34.1 Å². The molecule has 112 valence electrons. The van der Waals surface area contributed by atoms with E-state index in [2.05, 4.69) is 15.9 Å². The number of benzene rings is 1. The smallest absolute Gasteiger partial charge is 0.326 e. The number of nitrogens with two attached hydrogens (primary N) is 1. The van der Waals surface area contributed by atoms with Gasteiger partial charge in [0.15, 0.2) is 0 Å². The predicted molar refractivity (Wildman–Crippen MR) is 78.3 cm³/mol. The number of nitrogens with zero attached hydrogens (tertiary/aromatic N) is 1. The van der Waals surface area contributed by atoms with Gasteiger partial charge >= 0.3 is 5.97 Å². The minimum absolute atomic E-state index is 0.0188. The number of primary amides is 1. The van der Waals surface area contributed by atoms with E-state index in [0.717, 1.165) is 10.0 Å². The van der Waals surface area contributed by atoms with Crippen LogP contribution in [0, 0.1) is 5.92 Å². The van der Waals surface area contributed by atoms with Crippen LogP contribution in [0.1, 0.15) is 12.0 Å². The Morgan fingerprint density at radius 1 is 1.43 bits per heavy atom. The lowest BCUT2D eigenvalue weighted by Gasteiger charge is -2.25. The van der Waals surface area contributed by atoms with E-state index in [-0.39, 0.29) is 25.3 Å². The summed E-state index contributed by atoms with van der Waals surface area (Å²) in [5, 5.41) is 9.40. The average Bonchev–Trinajstić information content (AvgIpc) is 2.79. The fraction of sp³-hybridized carbons (Fsp3) is 0.357. The van der Waals surface area contributed by atoms with Crippen molar-refractivity contribution in [1.82, 2.24) is 4.90 Å². The molecule has 0 aromatic heterocycles. The maximum Gasteiger partial charge on any atom is 0.326 e. The quantitative estimate of drug-likeness (QED) is 0.815. The first-order valence-electron chi connectivity index (χ1n) is 6.45. The number of carboxylic acid groups (broad SMARTS) is 1. The maximum absolute atomic E-state index is 12.0. The summed E-state index contributed by atoms with van der Waals surface area (Å²) in [5.74, 6) is -2.63. The fourth-order valence-corrected chi connectivity index (χ4v) is 2.87. The van der Waals surface area contributed by atoms with E-state index in [0.29, 0.717) is 0 Å². The molecule has 21 heavy (non-hydrogen) atoms. The van der Waals surface area contributed by atoms with E-state index in [1.807, 2.05) is 12.1 Å². The molecule has 1 fully saturated rings. The summed E-state index contributed by atoms with van der Waals surface area (Å²) in [4.78, 5) is 35.9. The van der Waals surface area contributed by atoms with Crippen molar-refractivity contribution in [3.05, 3.63) is 34.3 Å². The molecule has 1 aromatic carbocycles. The van der Waals surface area contributed by atoms with Gasteiger partial charge in [0.1, 0.15) is 6.04 Å². The van der Waals surface area contributed by atoms with E-state index in [1.54, 1.807) is 12.1 Å². The second kappa shape index (κ2) is 6.26. The third-order valence-electron chi connectivity index (χ3n) is 3.59. The number of aliphatic carboxylic acids is 1. The highest BCUT2D eigenvalue weighted by Crippen LogP contribution is 2.24. The zero-order valence-electron chi connectivity index (χ0n) is 11.2. The highest BCUT2D eigenvalue weighted by molar-refractivity contribution is 9.10. The molecule has 0 aliphatic carbocycles. The number of carbonyl (C=O) groups is 3. The molecule has 6 nitrogen and oxygen atoms in total. The third kappa shape index (κ3) is 3.41. The van der Waals surface area contributed by atoms with Crippen LogP contribution in [0.2, 0.25) is 0 Å². The van der Waals surface area contributed by atoms with Crippen LogP contribution in [0.4, 0.5) is 0 Å². The van der Waals surface area contributed by atoms with Gasteiger partial charge in [-0.15, -0.1) is 0 Å². The molecule has 2 atom stereocenters. The van der Waals surface area contributed by atoms with Crippen LogP contribution in [0.3, 0.4) is 0 Å². The number of halogens is 1. The first kappa shape index (κ1) is 15.5. The Hall–Kier alpha value is -1.89. The molecule has 0 radical (unpaired) electrons. The SMILES string of the molecule is NC(=O)C1CC(=O)N([C@@H](Cc2ccccc2Br)C(=O)O)C1. The molecular formula is C14H15BrN2O4. The van der Waals surface area contributed by atoms with Crippen LogP contribution in [0.25, 0.3) is 0 Å². The van der Waals surface area contributed by atoms with Crippen LogP contribution in [0.15, 0.2) is 28.7 Å². The number of carbonyl (C=O) groups excluding carboxylic acids is 2.